The molecule has 4 aromatic rings. The molecule has 0 unspecified atom stereocenters. The molecule has 45 heavy (non-hydrogen) atoms. The molecule has 1 N–H and O–H groups in total. The second-order valence-corrected chi connectivity index (χ2v) is 11.7. The van der Waals surface area contributed by atoms with Gasteiger partial charge >= 0.3 is 5.97 Å². The van der Waals surface area contributed by atoms with Crippen molar-refractivity contribution in [3.8, 4) is 11.5 Å². The summed E-state index contributed by atoms with van der Waals surface area (Å²) in [6.07, 6.45) is 1.53. The standard InChI is InChI=1S/C30H27N5O8S2/c1-6-43-28(38)25-16(3)32-30-34(26(25)19-14-18(41-4)8-9-21(19)42-5)27(37)23(45-30)13-17-7-10-22(20(12-17)35(39)40)44-29-31-15(2)11-24(36)33-29/h7-14,26H,6H2,1-5H3,(H,31,33,36)/b23-13+/t26-/m0/s1. The molecule has 0 aliphatic carbocycles. The quantitative estimate of drug-likeness (QED) is 0.123. The number of rotatable bonds is 9. The molecule has 0 radical (unpaired) electrons. The van der Waals surface area contributed by atoms with Gasteiger partial charge in [0.1, 0.15) is 17.5 Å². The van der Waals surface area contributed by atoms with Crippen molar-refractivity contribution in [2.24, 2.45) is 4.99 Å². The number of H-pyrrole nitrogens is 1. The fourth-order valence-electron chi connectivity index (χ4n) is 4.85. The SMILES string of the molecule is CCOC(=O)C1=C(C)N=c2s/c(=C/c3ccc(Sc4nc(C)cc(=O)[nH]4)c([N+](=O)[O-])c3)c(=O)n2[C@H]1c1cc(OC)ccc1OC. The Kier molecular flexibility index (Phi) is 9.01. The number of thiazole rings is 1. The number of carbonyl (C=O) groups excluding carboxylic acids is 1. The number of hydrogen-bond donors (Lipinski definition) is 1. The second kappa shape index (κ2) is 12.9. The molecule has 0 saturated heterocycles. The minimum atomic E-state index is -0.954. The van der Waals surface area contributed by atoms with Gasteiger partial charge in [-0.05, 0) is 68.4 Å². The van der Waals surface area contributed by atoms with Crippen molar-refractivity contribution in [3.05, 3.63) is 111 Å². The number of nitro benzene ring substituents is 1. The summed E-state index contributed by atoms with van der Waals surface area (Å²) >= 11 is 2.03. The molecule has 232 valence electrons. The van der Waals surface area contributed by atoms with Gasteiger partial charge in [0.05, 0.1) is 46.4 Å². The molecule has 15 heteroatoms. The molecule has 0 bridgehead atoms. The molecule has 0 spiro atoms. The van der Waals surface area contributed by atoms with Gasteiger partial charge in [-0.2, -0.15) is 0 Å². The minimum Gasteiger partial charge on any atom is -0.497 e. The van der Waals surface area contributed by atoms with Crippen LogP contribution in [0.2, 0.25) is 0 Å². The number of hydrogen-bond acceptors (Lipinski definition) is 12. The van der Waals surface area contributed by atoms with Gasteiger partial charge in [-0.15, -0.1) is 0 Å². The average Bonchev–Trinajstić information content (AvgIpc) is 3.30. The lowest BCUT2D eigenvalue weighted by atomic mass is 9.94. The number of allylic oxidation sites excluding steroid dienone is 1. The summed E-state index contributed by atoms with van der Waals surface area (Å²) < 4.78 is 18.0. The molecule has 0 amide bonds. The minimum absolute atomic E-state index is 0.116. The molecule has 0 saturated carbocycles. The van der Waals surface area contributed by atoms with Crippen LogP contribution in [0.5, 0.6) is 11.5 Å². The molecule has 2 aromatic heterocycles. The van der Waals surface area contributed by atoms with E-state index in [0.717, 1.165) is 23.1 Å². The predicted molar refractivity (Wildman–Crippen MR) is 167 cm³/mol. The van der Waals surface area contributed by atoms with E-state index in [0.29, 0.717) is 38.8 Å². The second-order valence-electron chi connectivity index (χ2n) is 9.69. The molecule has 2 aromatic carbocycles. The highest BCUT2D eigenvalue weighted by Crippen LogP contribution is 2.38. The van der Waals surface area contributed by atoms with E-state index >= 15 is 0 Å². The van der Waals surface area contributed by atoms with Crippen LogP contribution in [0.3, 0.4) is 0 Å². The normalized spacial score (nSPS) is 14.5. The Bertz CT molecular complexity index is 2120. The number of nitro groups is 1. The number of carbonyl (C=O) groups is 1. The van der Waals surface area contributed by atoms with Gasteiger partial charge in [0.15, 0.2) is 9.96 Å². The first-order valence-electron chi connectivity index (χ1n) is 13.5. The lowest BCUT2D eigenvalue weighted by Crippen LogP contribution is -2.40. The van der Waals surface area contributed by atoms with E-state index in [1.54, 1.807) is 45.0 Å². The maximum Gasteiger partial charge on any atom is 0.338 e. The van der Waals surface area contributed by atoms with E-state index < -0.39 is 22.5 Å². The van der Waals surface area contributed by atoms with E-state index in [4.69, 9.17) is 14.2 Å². The Morgan fingerprint density at radius 2 is 1.93 bits per heavy atom. The van der Waals surface area contributed by atoms with E-state index in [2.05, 4.69) is 15.0 Å². The lowest BCUT2D eigenvalue weighted by molar-refractivity contribution is -0.387. The first-order valence-corrected chi connectivity index (χ1v) is 15.1. The predicted octanol–water partition coefficient (Wildman–Crippen LogP) is 3.27. The fourth-order valence-corrected chi connectivity index (χ4v) is 6.82. The average molecular weight is 650 g/mol. The van der Waals surface area contributed by atoms with E-state index in [-0.39, 0.29) is 38.0 Å². The van der Waals surface area contributed by atoms with Crippen LogP contribution in [0.15, 0.2) is 78.4 Å². The number of aryl methyl sites for hydroxylation is 1. The Balaban J connectivity index is 1.66. The molecule has 13 nitrogen and oxygen atoms in total. The monoisotopic (exact) mass is 649 g/mol. The lowest BCUT2D eigenvalue weighted by Gasteiger charge is -2.26. The van der Waals surface area contributed by atoms with Crippen LogP contribution in [0.4, 0.5) is 5.69 Å². The van der Waals surface area contributed by atoms with E-state index in [1.165, 1.54) is 43.1 Å². The van der Waals surface area contributed by atoms with Crippen LogP contribution >= 0.6 is 23.1 Å². The number of aromatic nitrogens is 3. The van der Waals surface area contributed by atoms with Gasteiger partial charge in [-0.3, -0.25) is 24.3 Å². The smallest absolute Gasteiger partial charge is 0.338 e. The van der Waals surface area contributed by atoms with Gasteiger partial charge in [-0.1, -0.05) is 17.4 Å². The summed E-state index contributed by atoms with van der Waals surface area (Å²) in [5.41, 5.74) is 0.822. The zero-order valence-electron chi connectivity index (χ0n) is 24.8. The number of methoxy groups -OCH3 is 2. The van der Waals surface area contributed by atoms with Gasteiger partial charge in [0.25, 0.3) is 16.8 Å². The molecular weight excluding hydrogens is 622 g/mol. The maximum atomic E-state index is 14.0. The summed E-state index contributed by atoms with van der Waals surface area (Å²) in [5, 5.41) is 12.2. The van der Waals surface area contributed by atoms with Crippen molar-refractivity contribution in [1.82, 2.24) is 14.5 Å². The van der Waals surface area contributed by atoms with Crippen LogP contribution in [0.1, 0.15) is 36.7 Å². The highest BCUT2D eigenvalue weighted by atomic mass is 32.2. The number of benzene rings is 2. The van der Waals surface area contributed by atoms with Gasteiger partial charge in [0, 0.05) is 23.4 Å². The topological polar surface area (TPSA) is 168 Å². The number of nitrogens with one attached hydrogen (secondary N) is 1. The molecule has 1 atom stereocenters. The van der Waals surface area contributed by atoms with Crippen molar-refractivity contribution < 1.29 is 23.9 Å². The van der Waals surface area contributed by atoms with Crippen LogP contribution in [0, 0.1) is 17.0 Å². The number of esters is 1. The van der Waals surface area contributed by atoms with Gasteiger partial charge < -0.3 is 19.2 Å². The van der Waals surface area contributed by atoms with Crippen molar-refractivity contribution in [2.45, 2.75) is 36.9 Å². The third-order valence-electron chi connectivity index (χ3n) is 6.78. The van der Waals surface area contributed by atoms with Crippen molar-refractivity contribution in [2.75, 3.05) is 20.8 Å². The Hall–Kier alpha value is -5.02. The van der Waals surface area contributed by atoms with Crippen molar-refractivity contribution in [3.63, 3.8) is 0 Å². The number of aromatic amines is 1. The summed E-state index contributed by atoms with van der Waals surface area (Å²) in [5.74, 6) is 0.275. The Morgan fingerprint density at radius 1 is 1.16 bits per heavy atom. The molecule has 5 rings (SSSR count). The third kappa shape index (κ3) is 6.30. The van der Waals surface area contributed by atoms with E-state index in [1.807, 2.05) is 0 Å². The Morgan fingerprint density at radius 3 is 2.60 bits per heavy atom. The summed E-state index contributed by atoms with van der Waals surface area (Å²) in [6, 6.07) is 9.94. The summed E-state index contributed by atoms with van der Waals surface area (Å²) in [7, 11) is 2.99. The molecule has 3 heterocycles. The summed E-state index contributed by atoms with van der Waals surface area (Å²) in [6.45, 7) is 5.12. The first-order chi connectivity index (χ1) is 21.5. The van der Waals surface area contributed by atoms with Crippen molar-refractivity contribution in [1.29, 1.82) is 0 Å². The maximum absolute atomic E-state index is 14.0. The molecular formula is C30H27N5O8S2. The van der Waals surface area contributed by atoms with Crippen molar-refractivity contribution >= 4 is 40.8 Å². The van der Waals surface area contributed by atoms with E-state index in [9.17, 15) is 24.5 Å². The highest BCUT2D eigenvalue weighted by molar-refractivity contribution is 7.99. The largest absolute Gasteiger partial charge is 0.497 e. The fraction of sp³-hybridized carbons (Fsp3) is 0.233. The van der Waals surface area contributed by atoms with Crippen LogP contribution in [-0.4, -0.2) is 46.3 Å². The van der Waals surface area contributed by atoms with Gasteiger partial charge in [0.2, 0.25) is 0 Å². The Labute approximate surface area is 263 Å². The number of fused-ring (bicyclic) bond motifs is 1. The number of ether oxygens (including phenoxy) is 3. The molecule has 0 fully saturated rings. The molecule has 1 aliphatic heterocycles. The molecule has 1 aliphatic rings. The first kappa shape index (κ1) is 31.4. The van der Waals surface area contributed by atoms with Crippen LogP contribution in [-0.2, 0) is 9.53 Å². The number of nitrogens with zero attached hydrogens (tertiary/aromatic N) is 4. The van der Waals surface area contributed by atoms with Gasteiger partial charge in [-0.25, -0.2) is 14.8 Å². The highest BCUT2D eigenvalue weighted by Gasteiger charge is 2.35. The van der Waals surface area contributed by atoms with Crippen LogP contribution in [0.25, 0.3) is 6.08 Å². The zero-order chi connectivity index (χ0) is 32.4. The summed E-state index contributed by atoms with van der Waals surface area (Å²) in [4.78, 5) is 62.6. The zero-order valence-corrected chi connectivity index (χ0v) is 26.4. The third-order valence-corrected chi connectivity index (χ3v) is 8.72. The van der Waals surface area contributed by atoms with Crippen LogP contribution < -0.4 is 29.9 Å².